The minimum Gasteiger partial charge on any atom is -0.386 e. The van der Waals surface area contributed by atoms with Crippen molar-refractivity contribution in [2.45, 2.75) is 6.16 Å². The molecular weight excluding hydrogens is 199 g/mol. The fraction of sp³-hybridized carbons (Fsp3) is 0.200. The lowest BCUT2D eigenvalue weighted by molar-refractivity contribution is 0.0443. The Morgan fingerprint density at radius 1 is 1.29 bits per heavy atom. The number of hydrogen-bond donors (Lipinski definition) is 0. The monoisotopic (exact) mass is 208 g/mol. The quantitative estimate of drug-likeness (QED) is 0.423. The van der Waals surface area contributed by atoms with E-state index in [0.29, 0.717) is 11.1 Å². The molecule has 1 aromatic carbocycles. The van der Waals surface area contributed by atoms with Crippen LogP contribution in [0, 0.1) is 0 Å². The van der Waals surface area contributed by atoms with Gasteiger partial charge in [-0.3, -0.25) is 0 Å². The van der Waals surface area contributed by atoms with Crippen molar-refractivity contribution in [3.8, 4) is 0 Å². The molecular formula is C10H9O3P. The number of carbonyl (C=O) groups excluding carboxylic acids is 2. The molecule has 1 aliphatic heterocycles. The van der Waals surface area contributed by atoms with Gasteiger partial charge in [-0.15, -0.1) is 8.58 Å². The molecule has 4 heteroatoms. The van der Waals surface area contributed by atoms with Crippen LogP contribution >= 0.6 is 8.58 Å². The maximum absolute atomic E-state index is 11.3. The second kappa shape index (κ2) is 3.50. The standard InChI is InChI=1S/C10H9O3P/c1-14-5-6-3-2-4-7-8(6)10(12)13-9(7)11/h2-4,14H,5H2,1H3. The Labute approximate surface area is 83.2 Å². The van der Waals surface area contributed by atoms with E-state index in [1.165, 1.54) is 0 Å². The van der Waals surface area contributed by atoms with Crippen LogP contribution in [0.1, 0.15) is 26.3 Å². The minimum atomic E-state index is -0.522. The van der Waals surface area contributed by atoms with Gasteiger partial charge in [0.15, 0.2) is 0 Å². The van der Waals surface area contributed by atoms with E-state index in [1.54, 1.807) is 12.1 Å². The summed E-state index contributed by atoms with van der Waals surface area (Å²) < 4.78 is 4.54. The summed E-state index contributed by atoms with van der Waals surface area (Å²) in [6, 6.07) is 5.29. The van der Waals surface area contributed by atoms with Crippen molar-refractivity contribution < 1.29 is 14.3 Å². The molecule has 0 saturated carbocycles. The van der Waals surface area contributed by atoms with Crippen molar-refractivity contribution in [3.63, 3.8) is 0 Å². The summed E-state index contributed by atoms with van der Waals surface area (Å²) >= 11 is 0. The molecule has 0 aliphatic carbocycles. The summed E-state index contributed by atoms with van der Waals surface area (Å²) in [6.45, 7) is 2.06. The molecule has 3 nitrogen and oxygen atoms in total. The van der Waals surface area contributed by atoms with Crippen LogP contribution in [0.2, 0.25) is 0 Å². The van der Waals surface area contributed by atoms with Gasteiger partial charge in [-0.2, -0.15) is 0 Å². The molecule has 0 saturated heterocycles. The highest BCUT2D eigenvalue weighted by Crippen LogP contribution is 2.27. The highest BCUT2D eigenvalue weighted by molar-refractivity contribution is 7.36. The van der Waals surface area contributed by atoms with E-state index in [9.17, 15) is 9.59 Å². The molecule has 1 aliphatic rings. The first-order chi connectivity index (χ1) is 6.74. The maximum atomic E-state index is 11.3. The largest absolute Gasteiger partial charge is 0.386 e. The molecule has 1 atom stereocenters. The van der Waals surface area contributed by atoms with Crippen LogP contribution in [0.15, 0.2) is 18.2 Å². The second-order valence-corrected chi connectivity index (χ2v) is 4.11. The van der Waals surface area contributed by atoms with Crippen molar-refractivity contribution in [2.75, 3.05) is 6.66 Å². The summed E-state index contributed by atoms with van der Waals surface area (Å²) in [6.07, 6.45) is 0.825. The van der Waals surface area contributed by atoms with Gasteiger partial charge in [-0.1, -0.05) is 12.1 Å². The third-order valence-corrected chi connectivity index (χ3v) is 2.86. The Bertz CT molecular complexity index is 412. The molecule has 1 unspecified atom stereocenters. The van der Waals surface area contributed by atoms with Crippen molar-refractivity contribution in [3.05, 3.63) is 34.9 Å². The lowest BCUT2D eigenvalue weighted by Gasteiger charge is -2.01. The number of benzene rings is 1. The van der Waals surface area contributed by atoms with Crippen LogP contribution in [0.4, 0.5) is 0 Å². The van der Waals surface area contributed by atoms with Crippen molar-refractivity contribution in [1.29, 1.82) is 0 Å². The van der Waals surface area contributed by atoms with Gasteiger partial charge in [-0.25, -0.2) is 9.59 Å². The topological polar surface area (TPSA) is 43.4 Å². The number of cyclic esters (lactones) is 2. The predicted octanol–water partition coefficient (Wildman–Crippen LogP) is 1.81. The highest BCUT2D eigenvalue weighted by Gasteiger charge is 2.31. The SMILES string of the molecule is CPCc1cccc2c1C(=O)OC2=O. The third kappa shape index (κ3) is 1.34. The fourth-order valence-electron chi connectivity index (χ4n) is 1.54. The molecule has 0 radical (unpaired) electrons. The van der Waals surface area contributed by atoms with Crippen LogP contribution in [0.5, 0.6) is 0 Å². The van der Waals surface area contributed by atoms with E-state index in [-0.39, 0.29) is 0 Å². The van der Waals surface area contributed by atoms with Gasteiger partial charge >= 0.3 is 11.9 Å². The van der Waals surface area contributed by atoms with Crippen molar-refractivity contribution in [2.24, 2.45) is 0 Å². The van der Waals surface area contributed by atoms with Gasteiger partial charge in [0.2, 0.25) is 0 Å². The normalized spacial score (nSPS) is 14.9. The zero-order chi connectivity index (χ0) is 10.1. The summed E-state index contributed by atoms with van der Waals surface area (Å²) in [5.41, 5.74) is 1.79. The smallest absolute Gasteiger partial charge is 0.347 e. The molecule has 2 rings (SSSR count). The van der Waals surface area contributed by atoms with E-state index in [2.05, 4.69) is 11.4 Å². The van der Waals surface area contributed by atoms with E-state index < -0.39 is 11.9 Å². The third-order valence-electron chi connectivity index (χ3n) is 2.13. The van der Waals surface area contributed by atoms with Crippen LogP contribution in [-0.2, 0) is 10.9 Å². The Morgan fingerprint density at radius 2 is 2.07 bits per heavy atom. The van der Waals surface area contributed by atoms with Gasteiger partial charge in [-0.05, 0) is 24.5 Å². The zero-order valence-electron chi connectivity index (χ0n) is 7.66. The summed E-state index contributed by atoms with van der Waals surface area (Å²) in [5, 5.41) is 0. The van der Waals surface area contributed by atoms with Gasteiger partial charge < -0.3 is 4.74 Å². The van der Waals surface area contributed by atoms with Crippen LogP contribution in [-0.4, -0.2) is 18.6 Å². The molecule has 0 amide bonds. The Balaban J connectivity index is 2.56. The first-order valence-corrected chi connectivity index (χ1v) is 5.97. The zero-order valence-corrected chi connectivity index (χ0v) is 8.66. The van der Waals surface area contributed by atoms with Crippen LogP contribution in [0.3, 0.4) is 0 Å². The molecule has 1 aromatic rings. The molecule has 0 spiro atoms. The predicted molar refractivity (Wildman–Crippen MR) is 54.1 cm³/mol. The van der Waals surface area contributed by atoms with E-state index in [1.807, 2.05) is 6.07 Å². The molecule has 0 aromatic heterocycles. The first kappa shape index (κ1) is 9.35. The number of carbonyl (C=O) groups is 2. The average Bonchev–Trinajstić information content (AvgIpc) is 2.44. The molecule has 72 valence electrons. The number of rotatable bonds is 2. The number of esters is 2. The van der Waals surface area contributed by atoms with E-state index in [4.69, 9.17) is 0 Å². The second-order valence-electron chi connectivity index (χ2n) is 3.05. The van der Waals surface area contributed by atoms with Crippen molar-refractivity contribution in [1.82, 2.24) is 0 Å². The van der Waals surface area contributed by atoms with Gasteiger partial charge in [0, 0.05) is 0 Å². The fourth-order valence-corrected chi connectivity index (χ4v) is 2.21. The Hall–Kier alpha value is -1.21. The number of fused-ring (bicyclic) bond motifs is 1. The Morgan fingerprint density at radius 3 is 2.79 bits per heavy atom. The number of hydrogen-bond acceptors (Lipinski definition) is 3. The average molecular weight is 208 g/mol. The lowest BCUT2D eigenvalue weighted by Crippen LogP contribution is -1.99. The molecule has 14 heavy (non-hydrogen) atoms. The first-order valence-electron chi connectivity index (χ1n) is 4.27. The van der Waals surface area contributed by atoms with E-state index >= 15 is 0 Å². The number of ether oxygens (including phenoxy) is 1. The Kier molecular flexibility index (Phi) is 2.34. The van der Waals surface area contributed by atoms with Crippen LogP contribution in [0.25, 0.3) is 0 Å². The summed E-state index contributed by atoms with van der Waals surface area (Å²) in [4.78, 5) is 22.5. The van der Waals surface area contributed by atoms with Gasteiger partial charge in [0.25, 0.3) is 0 Å². The van der Waals surface area contributed by atoms with Crippen LogP contribution < -0.4 is 0 Å². The molecule has 0 bridgehead atoms. The summed E-state index contributed by atoms with van der Waals surface area (Å²) in [5.74, 6) is -1.02. The molecule has 0 fully saturated rings. The maximum Gasteiger partial charge on any atom is 0.347 e. The molecule has 1 heterocycles. The van der Waals surface area contributed by atoms with Gasteiger partial charge in [0.1, 0.15) is 0 Å². The summed E-state index contributed by atoms with van der Waals surface area (Å²) in [7, 11) is 0.722. The van der Waals surface area contributed by atoms with Crippen molar-refractivity contribution >= 4 is 20.5 Å². The minimum absolute atomic E-state index is 0.408. The lowest BCUT2D eigenvalue weighted by atomic mass is 10.0. The van der Waals surface area contributed by atoms with E-state index in [0.717, 1.165) is 20.3 Å². The van der Waals surface area contributed by atoms with Gasteiger partial charge in [0.05, 0.1) is 11.1 Å². The highest BCUT2D eigenvalue weighted by atomic mass is 31.1. The molecule has 0 N–H and O–H groups in total.